The van der Waals surface area contributed by atoms with Gasteiger partial charge in [0.1, 0.15) is 11.4 Å². The lowest BCUT2D eigenvalue weighted by atomic mass is 10.00. The van der Waals surface area contributed by atoms with Crippen LogP contribution in [0.25, 0.3) is 0 Å². The molecule has 0 bridgehead atoms. The summed E-state index contributed by atoms with van der Waals surface area (Å²) >= 11 is 1.34. The number of nitrogens with zero attached hydrogens (tertiary/aromatic N) is 1. The quantitative estimate of drug-likeness (QED) is 0.903. The molecule has 0 saturated carbocycles. The molecule has 2 amide bonds. The number of hydrogen-bond donors (Lipinski definition) is 2. The Balaban J connectivity index is 1.65. The standard InChI is InChI=1S/C16H16FN3O2S/c1-16(6-5-13(21)20-16)14(22)19-15-18-9-12(23-15)8-10-3-2-4-11(17)7-10/h2-4,7,9H,5-6,8H2,1H3,(H,20,21)(H,18,19,22). The highest BCUT2D eigenvalue weighted by Gasteiger charge is 2.40. The first kappa shape index (κ1) is 15.6. The summed E-state index contributed by atoms with van der Waals surface area (Å²) in [6.45, 7) is 1.70. The third kappa shape index (κ3) is 3.56. The maximum absolute atomic E-state index is 13.2. The third-order valence-corrected chi connectivity index (χ3v) is 4.72. The molecule has 1 atom stereocenters. The summed E-state index contributed by atoms with van der Waals surface area (Å²) in [5.74, 6) is -0.658. The number of nitrogens with one attached hydrogen (secondary N) is 2. The van der Waals surface area contributed by atoms with E-state index >= 15 is 0 Å². The van der Waals surface area contributed by atoms with Gasteiger partial charge < -0.3 is 5.32 Å². The molecule has 2 heterocycles. The van der Waals surface area contributed by atoms with Gasteiger partial charge >= 0.3 is 0 Å². The van der Waals surface area contributed by atoms with Gasteiger partial charge in [-0.2, -0.15) is 0 Å². The van der Waals surface area contributed by atoms with Gasteiger partial charge in [0, 0.05) is 23.9 Å². The van der Waals surface area contributed by atoms with E-state index in [0.29, 0.717) is 24.4 Å². The monoisotopic (exact) mass is 333 g/mol. The molecule has 3 rings (SSSR count). The van der Waals surface area contributed by atoms with E-state index in [1.807, 2.05) is 6.07 Å². The number of anilines is 1. The molecule has 2 N–H and O–H groups in total. The maximum atomic E-state index is 13.2. The molecule has 7 heteroatoms. The molecule has 0 spiro atoms. The van der Waals surface area contributed by atoms with Crippen LogP contribution < -0.4 is 10.6 Å². The van der Waals surface area contributed by atoms with Crippen LogP contribution >= 0.6 is 11.3 Å². The topological polar surface area (TPSA) is 71.1 Å². The van der Waals surface area contributed by atoms with Crippen LogP contribution in [-0.4, -0.2) is 22.3 Å². The average molecular weight is 333 g/mol. The van der Waals surface area contributed by atoms with Gasteiger partial charge in [0.05, 0.1) is 0 Å². The van der Waals surface area contributed by atoms with Gasteiger partial charge in [-0.1, -0.05) is 12.1 Å². The van der Waals surface area contributed by atoms with E-state index in [1.54, 1.807) is 19.2 Å². The maximum Gasteiger partial charge on any atom is 0.251 e. The van der Waals surface area contributed by atoms with Crippen molar-refractivity contribution in [2.24, 2.45) is 0 Å². The largest absolute Gasteiger partial charge is 0.342 e. The Morgan fingerprint density at radius 1 is 1.52 bits per heavy atom. The number of halogens is 1. The summed E-state index contributed by atoms with van der Waals surface area (Å²) in [5, 5.41) is 5.91. The van der Waals surface area contributed by atoms with Crippen LogP contribution in [0.15, 0.2) is 30.5 Å². The number of aromatic nitrogens is 1. The van der Waals surface area contributed by atoms with Crippen molar-refractivity contribution in [2.75, 3.05) is 5.32 Å². The minimum Gasteiger partial charge on any atom is -0.342 e. The second-order valence-corrected chi connectivity index (χ2v) is 6.89. The van der Waals surface area contributed by atoms with Crippen LogP contribution in [0.4, 0.5) is 9.52 Å². The molecule has 23 heavy (non-hydrogen) atoms. The SMILES string of the molecule is CC1(C(=O)Nc2ncc(Cc3cccc(F)c3)s2)CCC(=O)N1. The third-order valence-electron chi connectivity index (χ3n) is 3.81. The van der Waals surface area contributed by atoms with Gasteiger partial charge in [-0.25, -0.2) is 9.37 Å². The highest BCUT2D eigenvalue weighted by molar-refractivity contribution is 7.15. The van der Waals surface area contributed by atoms with Gasteiger partial charge in [-0.15, -0.1) is 11.3 Å². The molecule has 1 saturated heterocycles. The molecule has 1 unspecified atom stereocenters. The number of thiazole rings is 1. The Kier molecular flexibility index (Phi) is 4.12. The Labute approximate surface area is 136 Å². The van der Waals surface area contributed by atoms with E-state index in [4.69, 9.17) is 0 Å². The summed E-state index contributed by atoms with van der Waals surface area (Å²) in [7, 11) is 0. The van der Waals surface area contributed by atoms with Crippen molar-refractivity contribution in [1.82, 2.24) is 10.3 Å². The average Bonchev–Trinajstić information content (AvgIpc) is 3.06. The number of carbonyl (C=O) groups is 2. The summed E-state index contributed by atoms with van der Waals surface area (Å²) in [5.41, 5.74) is -0.0348. The smallest absolute Gasteiger partial charge is 0.251 e. The molecule has 1 aromatic carbocycles. The lowest BCUT2D eigenvalue weighted by Gasteiger charge is -2.21. The number of benzene rings is 1. The van der Waals surface area contributed by atoms with Crippen LogP contribution in [0, 0.1) is 5.82 Å². The fraction of sp³-hybridized carbons (Fsp3) is 0.312. The fourth-order valence-electron chi connectivity index (χ4n) is 2.50. The molecule has 1 aliphatic heterocycles. The molecular formula is C16H16FN3O2S. The van der Waals surface area contributed by atoms with Crippen molar-refractivity contribution < 1.29 is 14.0 Å². The highest BCUT2D eigenvalue weighted by atomic mass is 32.1. The predicted octanol–water partition coefficient (Wildman–Crippen LogP) is 2.48. The fourth-order valence-corrected chi connectivity index (χ4v) is 3.34. The predicted molar refractivity (Wildman–Crippen MR) is 85.7 cm³/mol. The summed E-state index contributed by atoms with van der Waals surface area (Å²) in [6, 6.07) is 6.39. The first-order valence-electron chi connectivity index (χ1n) is 7.26. The second-order valence-electron chi connectivity index (χ2n) is 5.77. The zero-order chi connectivity index (χ0) is 16.4. The van der Waals surface area contributed by atoms with E-state index in [9.17, 15) is 14.0 Å². The van der Waals surface area contributed by atoms with Gasteiger partial charge in [-0.05, 0) is 31.0 Å². The summed E-state index contributed by atoms with van der Waals surface area (Å²) < 4.78 is 13.2. The molecule has 1 aromatic heterocycles. The number of amides is 2. The molecule has 0 aliphatic carbocycles. The van der Waals surface area contributed by atoms with Gasteiger partial charge in [0.25, 0.3) is 5.91 Å². The van der Waals surface area contributed by atoms with Crippen molar-refractivity contribution in [3.8, 4) is 0 Å². The minimum absolute atomic E-state index is 0.117. The molecule has 1 fully saturated rings. The van der Waals surface area contributed by atoms with Crippen molar-refractivity contribution in [3.05, 3.63) is 46.7 Å². The zero-order valence-electron chi connectivity index (χ0n) is 12.6. The Hall–Kier alpha value is -2.28. The van der Waals surface area contributed by atoms with Gasteiger partial charge in [0.15, 0.2) is 5.13 Å². The van der Waals surface area contributed by atoms with Crippen molar-refractivity contribution >= 4 is 28.3 Å². The van der Waals surface area contributed by atoms with Gasteiger partial charge in [0.2, 0.25) is 5.91 Å². The Morgan fingerprint density at radius 2 is 2.35 bits per heavy atom. The molecule has 0 radical (unpaired) electrons. The lowest BCUT2D eigenvalue weighted by molar-refractivity contribution is -0.125. The Bertz CT molecular complexity index is 761. The van der Waals surface area contributed by atoms with E-state index < -0.39 is 5.54 Å². The van der Waals surface area contributed by atoms with Crippen LogP contribution in [-0.2, 0) is 16.0 Å². The summed E-state index contributed by atoms with van der Waals surface area (Å²) in [4.78, 5) is 28.7. The van der Waals surface area contributed by atoms with Crippen LogP contribution in [0.5, 0.6) is 0 Å². The van der Waals surface area contributed by atoms with Crippen LogP contribution in [0.2, 0.25) is 0 Å². The van der Waals surface area contributed by atoms with E-state index in [0.717, 1.165) is 10.4 Å². The van der Waals surface area contributed by atoms with Crippen molar-refractivity contribution in [3.63, 3.8) is 0 Å². The van der Waals surface area contributed by atoms with E-state index in [2.05, 4.69) is 15.6 Å². The first-order chi connectivity index (χ1) is 10.9. The normalized spacial score (nSPS) is 20.3. The number of hydrogen-bond acceptors (Lipinski definition) is 4. The van der Waals surface area contributed by atoms with Crippen LogP contribution in [0.1, 0.15) is 30.2 Å². The van der Waals surface area contributed by atoms with Crippen LogP contribution in [0.3, 0.4) is 0 Å². The summed E-state index contributed by atoms with van der Waals surface area (Å²) in [6.07, 6.45) is 3.05. The molecule has 2 aromatic rings. The molecular weight excluding hydrogens is 317 g/mol. The number of carbonyl (C=O) groups excluding carboxylic acids is 2. The molecule has 5 nitrogen and oxygen atoms in total. The van der Waals surface area contributed by atoms with E-state index in [-0.39, 0.29) is 17.6 Å². The molecule has 1 aliphatic rings. The first-order valence-corrected chi connectivity index (χ1v) is 8.08. The molecule has 120 valence electrons. The van der Waals surface area contributed by atoms with Gasteiger partial charge in [-0.3, -0.25) is 14.9 Å². The van der Waals surface area contributed by atoms with Crippen molar-refractivity contribution in [2.45, 2.75) is 31.7 Å². The van der Waals surface area contributed by atoms with E-state index in [1.165, 1.54) is 23.5 Å². The lowest BCUT2D eigenvalue weighted by Crippen LogP contribution is -2.49. The minimum atomic E-state index is -0.883. The highest BCUT2D eigenvalue weighted by Crippen LogP contribution is 2.25. The second kappa shape index (κ2) is 6.08. The zero-order valence-corrected chi connectivity index (χ0v) is 13.4. The number of rotatable bonds is 4. The Morgan fingerprint density at radius 3 is 3.04 bits per heavy atom. The van der Waals surface area contributed by atoms with Crippen molar-refractivity contribution in [1.29, 1.82) is 0 Å².